The quantitative estimate of drug-likeness (QED) is 0.796. The molecule has 1 aliphatic rings. The Balaban J connectivity index is 1.77. The van der Waals surface area contributed by atoms with Gasteiger partial charge in [-0.3, -0.25) is 0 Å². The Kier molecular flexibility index (Phi) is 4.40. The zero-order valence-corrected chi connectivity index (χ0v) is 10.2. The first-order valence-corrected chi connectivity index (χ1v) is 6.55. The average Bonchev–Trinajstić information content (AvgIpc) is 2.61. The molecule has 1 saturated carbocycles. The fourth-order valence-electron chi connectivity index (χ4n) is 2.31. The van der Waals surface area contributed by atoms with Crippen molar-refractivity contribution in [2.45, 2.75) is 64.5 Å². The predicted octanol–water partition coefficient (Wildman–Crippen LogP) is 3.05. The summed E-state index contributed by atoms with van der Waals surface area (Å²) in [5.74, 6) is 1.82. The molecular formula is C13H22N2O. The number of hydrogen-bond acceptors (Lipinski definition) is 3. The van der Waals surface area contributed by atoms with Crippen molar-refractivity contribution in [2.75, 3.05) is 0 Å². The lowest BCUT2D eigenvalue weighted by Crippen LogP contribution is -2.27. The molecule has 1 fully saturated rings. The zero-order chi connectivity index (χ0) is 11.2. The van der Waals surface area contributed by atoms with Gasteiger partial charge < -0.3 is 9.73 Å². The van der Waals surface area contributed by atoms with Crippen LogP contribution in [0.1, 0.15) is 57.1 Å². The molecule has 1 N–H and O–H groups in total. The number of nitrogens with one attached hydrogen (secondary N) is 1. The highest BCUT2D eigenvalue weighted by Gasteiger charge is 2.12. The third kappa shape index (κ3) is 3.34. The van der Waals surface area contributed by atoms with Crippen LogP contribution in [0.25, 0.3) is 0 Å². The monoisotopic (exact) mass is 222 g/mol. The maximum absolute atomic E-state index is 5.58. The zero-order valence-electron chi connectivity index (χ0n) is 10.2. The van der Waals surface area contributed by atoms with Gasteiger partial charge >= 0.3 is 0 Å². The lowest BCUT2D eigenvalue weighted by molar-refractivity contribution is 0.396. The van der Waals surface area contributed by atoms with Crippen molar-refractivity contribution in [3.8, 4) is 0 Å². The fourth-order valence-corrected chi connectivity index (χ4v) is 2.31. The van der Waals surface area contributed by atoms with Gasteiger partial charge in [0.05, 0.1) is 12.7 Å². The van der Waals surface area contributed by atoms with Gasteiger partial charge in [0.2, 0.25) is 5.89 Å². The molecule has 0 aliphatic heterocycles. The van der Waals surface area contributed by atoms with Gasteiger partial charge in [0.15, 0.2) is 0 Å². The van der Waals surface area contributed by atoms with E-state index in [0.29, 0.717) is 6.04 Å². The summed E-state index contributed by atoms with van der Waals surface area (Å²) in [5, 5.41) is 3.56. The van der Waals surface area contributed by atoms with Crippen LogP contribution in [0, 0.1) is 0 Å². The molecule has 0 saturated heterocycles. The molecule has 0 bridgehead atoms. The molecule has 90 valence electrons. The Morgan fingerprint density at radius 2 is 2.06 bits per heavy atom. The van der Waals surface area contributed by atoms with E-state index in [1.54, 1.807) is 0 Å². The maximum Gasteiger partial charge on any atom is 0.208 e. The van der Waals surface area contributed by atoms with Crippen LogP contribution in [0.15, 0.2) is 10.6 Å². The molecule has 1 aliphatic carbocycles. The van der Waals surface area contributed by atoms with E-state index in [4.69, 9.17) is 4.42 Å². The summed E-state index contributed by atoms with van der Waals surface area (Å²) >= 11 is 0. The number of oxazole rings is 1. The molecule has 0 unspecified atom stereocenters. The number of hydrogen-bond donors (Lipinski definition) is 1. The van der Waals surface area contributed by atoms with Crippen LogP contribution in [0.5, 0.6) is 0 Å². The van der Waals surface area contributed by atoms with Crippen LogP contribution in [0.3, 0.4) is 0 Å². The lowest BCUT2D eigenvalue weighted by atomic mass is 10.1. The summed E-state index contributed by atoms with van der Waals surface area (Å²) in [6.07, 6.45) is 10.9. The van der Waals surface area contributed by atoms with Crippen LogP contribution >= 0.6 is 0 Å². The average molecular weight is 222 g/mol. The van der Waals surface area contributed by atoms with Crippen molar-refractivity contribution < 1.29 is 4.42 Å². The second kappa shape index (κ2) is 6.04. The molecule has 16 heavy (non-hydrogen) atoms. The van der Waals surface area contributed by atoms with Gasteiger partial charge in [-0.2, -0.15) is 0 Å². The van der Waals surface area contributed by atoms with Crippen molar-refractivity contribution in [2.24, 2.45) is 0 Å². The molecule has 3 nitrogen and oxygen atoms in total. The molecule has 1 aromatic heterocycles. The second-order valence-corrected chi connectivity index (χ2v) is 4.64. The van der Waals surface area contributed by atoms with E-state index in [1.807, 2.05) is 6.20 Å². The first kappa shape index (κ1) is 11.6. The van der Waals surface area contributed by atoms with Gasteiger partial charge in [-0.25, -0.2) is 4.98 Å². The molecule has 1 aromatic rings. The van der Waals surface area contributed by atoms with Gasteiger partial charge in [-0.05, 0) is 12.8 Å². The summed E-state index contributed by atoms with van der Waals surface area (Å²) < 4.78 is 5.58. The molecule has 3 heteroatoms. The lowest BCUT2D eigenvalue weighted by Gasteiger charge is -2.14. The summed E-state index contributed by atoms with van der Waals surface area (Å²) in [7, 11) is 0. The molecule has 0 radical (unpaired) electrons. The van der Waals surface area contributed by atoms with E-state index in [0.717, 1.165) is 24.6 Å². The molecule has 2 rings (SSSR count). The predicted molar refractivity (Wildman–Crippen MR) is 64.2 cm³/mol. The van der Waals surface area contributed by atoms with E-state index in [1.165, 1.54) is 38.5 Å². The van der Waals surface area contributed by atoms with Crippen LogP contribution in [0.4, 0.5) is 0 Å². The van der Waals surface area contributed by atoms with Gasteiger partial charge in [0, 0.05) is 12.5 Å². The Morgan fingerprint density at radius 1 is 1.31 bits per heavy atom. The highest BCUT2D eigenvalue weighted by Crippen LogP contribution is 2.17. The summed E-state index contributed by atoms with van der Waals surface area (Å²) in [6, 6.07) is 0.666. The Bertz CT molecular complexity index is 301. The molecule has 0 amide bonds. The van der Waals surface area contributed by atoms with Crippen LogP contribution < -0.4 is 5.32 Å². The van der Waals surface area contributed by atoms with Gasteiger partial charge in [0.25, 0.3) is 0 Å². The topological polar surface area (TPSA) is 38.1 Å². The number of rotatable bonds is 4. The highest BCUT2D eigenvalue weighted by molar-refractivity contribution is 4.93. The minimum atomic E-state index is 0.666. The Morgan fingerprint density at radius 3 is 2.69 bits per heavy atom. The highest BCUT2D eigenvalue weighted by atomic mass is 16.4. The molecule has 1 heterocycles. The van der Waals surface area contributed by atoms with E-state index in [2.05, 4.69) is 17.2 Å². The molecule has 0 aromatic carbocycles. The third-order valence-corrected chi connectivity index (χ3v) is 3.35. The first-order valence-electron chi connectivity index (χ1n) is 6.55. The minimum Gasteiger partial charge on any atom is -0.444 e. The number of nitrogens with zero attached hydrogens (tertiary/aromatic N) is 1. The van der Waals surface area contributed by atoms with Crippen molar-refractivity contribution in [1.82, 2.24) is 10.3 Å². The van der Waals surface area contributed by atoms with Crippen LogP contribution in [-0.2, 0) is 13.0 Å². The van der Waals surface area contributed by atoms with Gasteiger partial charge in [0.1, 0.15) is 5.76 Å². The summed E-state index contributed by atoms with van der Waals surface area (Å²) in [5.41, 5.74) is 0. The van der Waals surface area contributed by atoms with E-state index >= 15 is 0 Å². The SMILES string of the molecule is CCc1cnc(CNC2CCCCCC2)o1. The number of aromatic nitrogens is 1. The van der Waals surface area contributed by atoms with Crippen LogP contribution in [0.2, 0.25) is 0 Å². The van der Waals surface area contributed by atoms with Crippen LogP contribution in [-0.4, -0.2) is 11.0 Å². The second-order valence-electron chi connectivity index (χ2n) is 4.64. The van der Waals surface area contributed by atoms with E-state index in [9.17, 15) is 0 Å². The third-order valence-electron chi connectivity index (χ3n) is 3.35. The van der Waals surface area contributed by atoms with Crippen molar-refractivity contribution in [3.05, 3.63) is 17.8 Å². The summed E-state index contributed by atoms with van der Waals surface area (Å²) in [4.78, 5) is 4.27. The number of aryl methyl sites for hydroxylation is 1. The maximum atomic E-state index is 5.58. The standard InChI is InChI=1S/C13H22N2O/c1-2-12-9-15-13(16-12)10-14-11-7-5-3-4-6-8-11/h9,11,14H,2-8,10H2,1H3. The normalized spacial score (nSPS) is 18.6. The molecular weight excluding hydrogens is 200 g/mol. The van der Waals surface area contributed by atoms with E-state index < -0.39 is 0 Å². The molecule has 0 spiro atoms. The first-order chi connectivity index (χ1) is 7.88. The van der Waals surface area contributed by atoms with Gasteiger partial charge in [-0.15, -0.1) is 0 Å². The van der Waals surface area contributed by atoms with Crippen molar-refractivity contribution in [1.29, 1.82) is 0 Å². The van der Waals surface area contributed by atoms with Gasteiger partial charge in [-0.1, -0.05) is 32.6 Å². The smallest absolute Gasteiger partial charge is 0.208 e. The summed E-state index contributed by atoms with van der Waals surface area (Å²) in [6.45, 7) is 2.87. The Hall–Kier alpha value is -0.830. The molecule has 0 atom stereocenters. The Labute approximate surface area is 97.6 Å². The van der Waals surface area contributed by atoms with E-state index in [-0.39, 0.29) is 0 Å². The largest absolute Gasteiger partial charge is 0.444 e. The fraction of sp³-hybridized carbons (Fsp3) is 0.769. The van der Waals surface area contributed by atoms with Crippen molar-refractivity contribution >= 4 is 0 Å². The van der Waals surface area contributed by atoms with Crippen molar-refractivity contribution in [3.63, 3.8) is 0 Å². The minimum absolute atomic E-state index is 0.666.